The minimum absolute atomic E-state index is 0.0685. The van der Waals surface area contributed by atoms with E-state index in [9.17, 15) is 4.79 Å². The first-order valence-electron chi connectivity index (χ1n) is 5.97. The summed E-state index contributed by atoms with van der Waals surface area (Å²) in [6, 6.07) is 3.96. The Labute approximate surface area is 103 Å². The predicted molar refractivity (Wildman–Crippen MR) is 67.7 cm³/mol. The summed E-state index contributed by atoms with van der Waals surface area (Å²) in [4.78, 5) is 11.4. The summed E-state index contributed by atoms with van der Waals surface area (Å²) in [5.74, 6) is -0.194. The van der Waals surface area contributed by atoms with Gasteiger partial charge in [-0.15, -0.1) is 0 Å². The lowest BCUT2D eigenvalue weighted by atomic mass is 10.1. The zero-order chi connectivity index (χ0) is 12.9. The van der Waals surface area contributed by atoms with Crippen molar-refractivity contribution in [3.05, 3.63) is 24.0 Å². The van der Waals surface area contributed by atoms with E-state index < -0.39 is 0 Å². The Morgan fingerprint density at radius 2 is 2.18 bits per heavy atom. The van der Waals surface area contributed by atoms with Crippen molar-refractivity contribution in [2.45, 2.75) is 46.3 Å². The molecule has 0 bridgehead atoms. The van der Waals surface area contributed by atoms with Crippen LogP contribution >= 0.6 is 0 Å². The Bertz CT molecular complexity index is 364. The fraction of sp³-hybridized carbons (Fsp3) is 0.615. The van der Waals surface area contributed by atoms with Gasteiger partial charge in [0.25, 0.3) is 0 Å². The Balaban J connectivity index is 2.57. The lowest BCUT2D eigenvalue weighted by molar-refractivity contribution is -0.143. The van der Waals surface area contributed by atoms with Gasteiger partial charge in [-0.1, -0.05) is 0 Å². The Kier molecular flexibility index (Phi) is 4.75. The van der Waals surface area contributed by atoms with Crippen LogP contribution in [-0.2, 0) is 22.6 Å². The molecule has 0 spiro atoms. The van der Waals surface area contributed by atoms with Gasteiger partial charge in [0.05, 0.1) is 6.61 Å². The van der Waals surface area contributed by atoms with Crippen LogP contribution in [0.4, 0.5) is 0 Å². The van der Waals surface area contributed by atoms with Crippen molar-refractivity contribution < 1.29 is 9.53 Å². The van der Waals surface area contributed by atoms with Crippen LogP contribution < -0.4 is 5.32 Å². The molecule has 1 rings (SSSR count). The van der Waals surface area contributed by atoms with Gasteiger partial charge < -0.3 is 14.6 Å². The van der Waals surface area contributed by atoms with Gasteiger partial charge in [0, 0.05) is 24.0 Å². The molecular formula is C13H22N2O2. The summed E-state index contributed by atoms with van der Waals surface area (Å²) in [5.41, 5.74) is 1.16. The monoisotopic (exact) mass is 238 g/mol. The molecule has 0 aliphatic heterocycles. The maximum absolute atomic E-state index is 11.4. The second-order valence-electron chi connectivity index (χ2n) is 5.04. The van der Waals surface area contributed by atoms with Gasteiger partial charge in [-0.05, 0) is 39.8 Å². The quantitative estimate of drug-likeness (QED) is 0.797. The molecule has 1 aromatic rings. The van der Waals surface area contributed by atoms with Crippen LogP contribution in [0.15, 0.2) is 18.3 Å². The lowest BCUT2D eigenvalue weighted by Gasteiger charge is -2.21. The molecule has 0 atom stereocenters. The van der Waals surface area contributed by atoms with Crippen molar-refractivity contribution in [2.75, 3.05) is 6.61 Å². The standard InChI is InChI=1S/C13H22N2O2/c1-5-17-12(16)10-15-8-6-7-11(15)9-14-13(2,3)4/h6-8,14H,5,9-10H2,1-4H3. The fourth-order valence-electron chi connectivity index (χ4n) is 1.47. The molecule has 1 N–H and O–H groups in total. The molecular weight excluding hydrogens is 216 g/mol. The number of nitrogens with one attached hydrogen (secondary N) is 1. The molecule has 0 aliphatic rings. The van der Waals surface area contributed by atoms with Crippen molar-refractivity contribution in [1.82, 2.24) is 9.88 Å². The van der Waals surface area contributed by atoms with Crippen molar-refractivity contribution in [2.24, 2.45) is 0 Å². The zero-order valence-electron chi connectivity index (χ0n) is 11.1. The highest BCUT2D eigenvalue weighted by Gasteiger charge is 2.11. The SMILES string of the molecule is CCOC(=O)Cn1cccc1CNC(C)(C)C. The third kappa shape index (κ3) is 5.04. The first-order valence-corrected chi connectivity index (χ1v) is 5.97. The molecule has 0 aliphatic carbocycles. The van der Waals surface area contributed by atoms with E-state index in [0.717, 1.165) is 12.2 Å². The molecule has 17 heavy (non-hydrogen) atoms. The predicted octanol–water partition coefficient (Wildman–Crippen LogP) is 1.94. The maximum atomic E-state index is 11.4. The highest BCUT2D eigenvalue weighted by molar-refractivity contribution is 5.69. The van der Waals surface area contributed by atoms with Gasteiger partial charge >= 0.3 is 5.97 Å². The minimum atomic E-state index is -0.194. The molecule has 1 heterocycles. The molecule has 0 radical (unpaired) electrons. The van der Waals surface area contributed by atoms with Gasteiger partial charge in [0.15, 0.2) is 0 Å². The van der Waals surface area contributed by atoms with E-state index in [0.29, 0.717) is 6.61 Å². The van der Waals surface area contributed by atoms with E-state index >= 15 is 0 Å². The molecule has 0 aromatic carbocycles. The van der Waals surface area contributed by atoms with Gasteiger partial charge in [0.1, 0.15) is 6.54 Å². The summed E-state index contributed by atoms with van der Waals surface area (Å²) < 4.78 is 6.85. The molecule has 0 saturated carbocycles. The average Bonchev–Trinajstić information content (AvgIpc) is 2.61. The van der Waals surface area contributed by atoms with Crippen LogP contribution in [-0.4, -0.2) is 22.7 Å². The smallest absolute Gasteiger partial charge is 0.325 e. The Morgan fingerprint density at radius 3 is 2.76 bits per heavy atom. The number of carbonyl (C=O) groups excluding carboxylic acids is 1. The molecule has 96 valence electrons. The van der Waals surface area contributed by atoms with Crippen LogP contribution in [0.5, 0.6) is 0 Å². The van der Waals surface area contributed by atoms with Crippen LogP contribution in [0.3, 0.4) is 0 Å². The average molecular weight is 238 g/mol. The number of hydrogen-bond donors (Lipinski definition) is 1. The first-order chi connectivity index (χ1) is 7.92. The number of ether oxygens (including phenoxy) is 1. The highest BCUT2D eigenvalue weighted by atomic mass is 16.5. The van der Waals surface area contributed by atoms with E-state index in [4.69, 9.17) is 4.74 Å². The molecule has 0 fully saturated rings. The third-order valence-corrected chi connectivity index (χ3v) is 2.33. The number of nitrogens with zero attached hydrogens (tertiary/aromatic N) is 1. The minimum Gasteiger partial charge on any atom is -0.465 e. The summed E-state index contributed by atoms with van der Waals surface area (Å²) in [5, 5.41) is 3.40. The molecule has 0 amide bonds. The van der Waals surface area contributed by atoms with E-state index in [1.54, 1.807) is 0 Å². The number of aromatic nitrogens is 1. The summed E-state index contributed by atoms with van der Waals surface area (Å²) in [7, 11) is 0. The van der Waals surface area contributed by atoms with Gasteiger partial charge in [-0.2, -0.15) is 0 Å². The third-order valence-electron chi connectivity index (χ3n) is 2.33. The number of esters is 1. The summed E-state index contributed by atoms with van der Waals surface area (Å²) >= 11 is 0. The van der Waals surface area contributed by atoms with Crippen LogP contribution in [0.1, 0.15) is 33.4 Å². The van der Waals surface area contributed by atoms with Crippen molar-refractivity contribution in [1.29, 1.82) is 0 Å². The summed E-state index contributed by atoms with van der Waals surface area (Å²) in [6.45, 7) is 9.62. The van der Waals surface area contributed by atoms with E-state index in [1.807, 2.05) is 29.8 Å². The van der Waals surface area contributed by atoms with Gasteiger partial charge in [0.2, 0.25) is 0 Å². The van der Waals surface area contributed by atoms with Crippen LogP contribution in [0.25, 0.3) is 0 Å². The molecule has 0 unspecified atom stereocenters. The highest BCUT2D eigenvalue weighted by Crippen LogP contribution is 2.06. The van der Waals surface area contributed by atoms with Crippen LogP contribution in [0, 0.1) is 0 Å². The van der Waals surface area contributed by atoms with Crippen LogP contribution in [0.2, 0.25) is 0 Å². The maximum Gasteiger partial charge on any atom is 0.325 e. The fourth-order valence-corrected chi connectivity index (χ4v) is 1.47. The second-order valence-corrected chi connectivity index (χ2v) is 5.04. The Morgan fingerprint density at radius 1 is 1.47 bits per heavy atom. The van der Waals surface area contributed by atoms with Gasteiger partial charge in [-0.3, -0.25) is 4.79 Å². The van der Waals surface area contributed by atoms with E-state index in [1.165, 1.54) is 0 Å². The van der Waals surface area contributed by atoms with Crippen molar-refractivity contribution in [3.63, 3.8) is 0 Å². The number of carbonyl (C=O) groups is 1. The van der Waals surface area contributed by atoms with Crippen molar-refractivity contribution >= 4 is 5.97 Å². The van der Waals surface area contributed by atoms with E-state index in [2.05, 4.69) is 26.1 Å². The molecule has 4 nitrogen and oxygen atoms in total. The Hall–Kier alpha value is -1.29. The van der Waals surface area contributed by atoms with Gasteiger partial charge in [-0.25, -0.2) is 0 Å². The first kappa shape index (κ1) is 13.8. The number of rotatable bonds is 5. The molecule has 0 saturated heterocycles. The van der Waals surface area contributed by atoms with E-state index in [-0.39, 0.29) is 18.1 Å². The normalized spacial score (nSPS) is 11.5. The summed E-state index contributed by atoms with van der Waals surface area (Å²) in [6.07, 6.45) is 1.90. The second kappa shape index (κ2) is 5.87. The lowest BCUT2D eigenvalue weighted by Crippen LogP contribution is -2.35. The zero-order valence-corrected chi connectivity index (χ0v) is 11.1. The topological polar surface area (TPSA) is 43.3 Å². The number of hydrogen-bond acceptors (Lipinski definition) is 3. The molecule has 4 heteroatoms. The molecule has 1 aromatic heterocycles. The largest absolute Gasteiger partial charge is 0.465 e. The van der Waals surface area contributed by atoms with Crippen molar-refractivity contribution in [3.8, 4) is 0 Å².